The normalized spacial score (nSPS) is 39.1. The Morgan fingerprint density at radius 2 is 1.68 bits per heavy atom. The molecule has 0 aromatic heterocycles. The molecule has 2 atom stereocenters. The number of carbonyl (C=O) groups is 2. The Hall–Kier alpha value is -1.10. The topological polar surface area (TPSA) is 78.4 Å². The molecule has 5 heteroatoms. The van der Waals surface area contributed by atoms with E-state index >= 15 is 0 Å². The SMILES string of the molecule is CC(C)CC(=O)NNC(=O)CC12CC3CC(CC(O)(C3)C1)C2. The van der Waals surface area contributed by atoms with Crippen molar-refractivity contribution in [1.82, 2.24) is 10.9 Å². The van der Waals surface area contributed by atoms with Crippen LogP contribution in [-0.2, 0) is 9.59 Å². The Morgan fingerprint density at radius 1 is 1.09 bits per heavy atom. The number of aliphatic hydroxyl groups is 1. The minimum atomic E-state index is -0.536. The van der Waals surface area contributed by atoms with Crippen LogP contribution in [0.1, 0.15) is 65.2 Å². The first-order valence-electron chi connectivity index (χ1n) is 8.58. The number of carbonyl (C=O) groups excluding carboxylic acids is 2. The molecule has 5 nitrogen and oxygen atoms in total. The molecule has 4 fully saturated rings. The summed E-state index contributed by atoms with van der Waals surface area (Å²) in [4.78, 5) is 23.8. The third kappa shape index (κ3) is 3.29. The van der Waals surface area contributed by atoms with Crippen LogP contribution in [0.25, 0.3) is 0 Å². The summed E-state index contributed by atoms with van der Waals surface area (Å²) in [6.07, 6.45) is 6.74. The monoisotopic (exact) mass is 308 g/mol. The largest absolute Gasteiger partial charge is 0.390 e. The molecule has 124 valence electrons. The van der Waals surface area contributed by atoms with E-state index in [1.165, 1.54) is 6.42 Å². The van der Waals surface area contributed by atoms with Crippen molar-refractivity contribution >= 4 is 11.8 Å². The molecule has 0 heterocycles. The van der Waals surface area contributed by atoms with Crippen molar-refractivity contribution in [1.29, 1.82) is 0 Å². The minimum absolute atomic E-state index is 0.0499. The molecule has 0 aliphatic heterocycles. The van der Waals surface area contributed by atoms with Crippen LogP contribution in [0.2, 0.25) is 0 Å². The highest BCUT2D eigenvalue weighted by Gasteiger charge is 2.57. The maximum Gasteiger partial charge on any atom is 0.238 e. The molecule has 2 amide bonds. The van der Waals surface area contributed by atoms with Gasteiger partial charge < -0.3 is 5.11 Å². The van der Waals surface area contributed by atoms with E-state index in [4.69, 9.17) is 0 Å². The quantitative estimate of drug-likeness (QED) is 0.694. The number of nitrogens with one attached hydrogen (secondary N) is 2. The molecule has 4 rings (SSSR count). The van der Waals surface area contributed by atoms with E-state index in [0.29, 0.717) is 24.7 Å². The van der Waals surface area contributed by atoms with Crippen molar-refractivity contribution in [3.8, 4) is 0 Å². The fourth-order valence-electron chi connectivity index (χ4n) is 5.55. The van der Waals surface area contributed by atoms with E-state index in [0.717, 1.165) is 32.1 Å². The fraction of sp³-hybridized carbons (Fsp3) is 0.882. The first-order chi connectivity index (χ1) is 10.3. The predicted octanol–water partition coefficient (Wildman–Crippen LogP) is 1.90. The van der Waals surface area contributed by atoms with Gasteiger partial charge >= 0.3 is 0 Å². The first kappa shape index (κ1) is 15.8. The molecule has 3 N–H and O–H groups in total. The van der Waals surface area contributed by atoms with Gasteiger partial charge in [-0.05, 0) is 61.7 Å². The van der Waals surface area contributed by atoms with Gasteiger partial charge in [-0.25, -0.2) is 0 Å². The highest BCUT2D eigenvalue weighted by molar-refractivity contribution is 5.82. The summed E-state index contributed by atoms with van der Waals surface area (Å²) in [7, 11) is 0. The average molecular weight is 308 g/mol. The van der Waals surface area contributed by atoms with E-state index in [-0.39, 0.29) is 23.1 Å². The molecule has 4 aliphatic carbocycles. The molecule has 0 aromatic rings. The highest BCUT2D eigenvalue weighted by atomic mass is 16.3. The Morgan fingerprint density at radius 3 is 2.23 bits per heavy atom. The van der Waals surface area contributed by atoms with Crippen molar-refractivity contribution in [2.45, 2.75) is 70.8 Å². The second-order valence-corrected chi connectivity index (χ2v) is 8.56. The van der Waals surface area contributed by atoms with Gasteiger partial charge in [0.1, 0.15) is 0 Å². The maximum absolute atomic E-state index is 12.2. The van der Waals surface area contributed by atoms with Crippen molar-refractivity contribution < 1.29 is 14.7 Å². The maximum atomic E-state index is 12.2. The number of hydrazine groups is 1. The van der Waals surface area contributed by atoms with Gasteiger partial charge in [-0.1, -0.05) is 13.8 Å². The van der Waals surface area contributed by atoms with Crippen molar-refractivity contribution in [2.75, 3.05) is 0 Å². The molecule has 0 radical (unpaired) electrons. The van der Waals surface area contributed by atoms with Gasteiger partial charge in [0.05, 0.1) is 5.60 Å². The third-order valence-corrected chi connectivity index (χ3v) is 5.62. The fourth-order valence-corrected chi connectivity index (χ4v) is 5.55. The van der Waals surface area contributed by atoms with Gasteiger partial charge in [0.25, 0.3) is 0 Å². The van der Waals surface area contributed by atoms with Crippen LogP contribution >= 0.6 is 0 Å². The standard InChI is InChI=1S/C17H28N2O3/c1-11(2)3-14(20)18-19-15(21)9-16-5-12-4-13(6-16)8-17(22,7-12)10-16/h11-13,22H,3-10H2,1-2H3,(H,18,20)(H,19,21). The van der Waals surface area contributed by atoms with E-state index in [9.17, 15) is 14.7 Å². The van der Waals surface area contributed by atoms with Gasteiger partial charge in [-0.2, -0.15) is 0 Å². The molecule has 2 unspecified atom stereocenters. The summed E-state index contributed by atoms with van der Waals surface area (Å²) in [5.41, 5.74) is 4.47. The molecule has 0 spiro atoms. The highest BCUT2D eigenvalue weighted by Crippen LogP contribution is 2.62. The molecule has 0 saturated heterocycles. The van der Waals surface area contributed by atoms with Crippen LogP contribution < -0.4 is 10.9 Å². The van der Waals surface area contributed by atoms with Gasteiger partial charge in [0, 0.05) is 12.8 Å². The van der Waals surface area contributed by atoms with E-state index < -0.39 is 5.60 Å². The number of rotatable bonds is 4. The zero-order chi connectivity index (χ0) is 16.0. The van der Waals surface area contributed by atoms with Gasteiger partial charge in [0.15, 0.2) is 0 Å². The molecule has 22 heavy (non-hydrogen) atoms. The van der Waals surface area contributed by atoms with Crippen LogP contribution in [0.15, 0.2) is 0 Å². The Labute approximate surface area is 132 Å². The van der Waals surface area contributed by atoms with Gasteiger partial charge in [0.2, 0.25) is 11.8 Å². The van der Waals surface area contributed by atoms with Gasteiger partial charge in [-0.15, -0.1) is 0 Å². The lowest BCUT2D eigenvalue weighted by Gasteiger charge is -2.60. The van der Waals surface area contributed by atoms with Crippen LogP contribution in [0.5, 0.6) is 0 Å². The summed E-state index contributed by atoms with van der Waals surface area (Å²) < 4.78 is 0. The summed E-state index contributed by atoms with van der Waals surface area (Å²) in [5, 5.41) is 10.7. The Bertz CT molecular complexity index is 461. The van der Waals surface area contributed by atoms with Crippen LogP contribution in [0, 0.1) is 23.2 Å². The molecule has 0 aromatic carbocycles. The average Bonchev–Trinajstić information content (AvgIpc) is 2.31. The first-order valence-corrected chi connectivity index (χ1v) is 8.58. The third-order valence-electron chi connectivity index (χ3n) is 5.62. The van der Waals surface area contributed by atoms with E-state index in [1.807, 2.05) is 13.8 Å². The van der Waals surface area contributed by atoms with Gasteiger partial charge in [-0.3, -0.25) is 20.4 Å². The lowest BCUT2D eigenvalue weighted by Crippen LogP contribution is -2.57. The number of hydrogen-bond donors (Lipinski definition) is 3. The summed E-state index contributed by atoms with van der Waals surface area (Å²) in [6.45, 7) is 3.94. The van der Waals surface area contributed by atoms with Crippen LogP contribution in [-0.4, -0.2) is 22.5 Å². The zero-order valence-electron chi connectivity index (χ0n) is 13.7. The molecule has 4 aliphatic rings. The number of hydrogen-bond acceptors (Lipinski definition) is 3. The van der Waals surface area contributed by atoms with E-state index in [1.54, 1.807) is 0 Å². The minimum Gasteiger partial charge on any atom is -0.390 e. The molecule has 4 saturated carbocycles. The molecular weight excluding hydrogens is 280 g/mol. The molecular formula is C17H28N2O3. The van der Waals surface area contributed by atoms with Crippen molar-refractivity contribution in [2.24, 2.45) is 23.2 Å². The lowest BCUT2D eigenvalue weighted by atomic mass is 9.47. The zero-order valence-corrected chi connectivity index (χ0v) is 13.7. The second kappa shape index (κ2) is 5.52. The second-order valence-electron chi connectivity index (χ2n) is 8.56. The summed E-state index contributed by atoms with van der Waals surface area (Å²) >= 11 is 0. The smallest absolute Gasteiger partial charge is 0.238 e. The Balaban J connectivity index is 1.54. The van der Waals surface area contributed by atoms with Crippen molar-refractivity contribution in [3.63, 3.8) is 0 Å². The van der Waals surface area contributed by atoms with E-state index in [2.05, 4.69) is 10.9 Å². The summed E-state index contributed by atoms with van der Waals surface area (Å²) in [5.74, 6) is 1.16. The lowest BCUT2D eigenvalue weighted by molar-refractivity contribution is -0.169. The van der Waals surface area contributed by atoms with Crippen LogP contribution in [0.3, 0.4) is 0 Å². The number of amides is 2. The Kier molecular flexibility index (Phi) is 3.96. The summed E-state index contributed by atoms with van der Waals surface area (Å²) in [6, 6.07) is 0. The predicted molar refractivity (Wildman–Crippen MR) is 82.4 cm³/mol. The molecule has 4 bridgehead atoms. The van der Waals surface area contributed by atoms with Crippen LogP contribution in [0.4, 0.5) is 0 Å². The van der Waals surface area contributed by atoms with Crippen molar-refractivity contribution in [3.05, 3.63) is 0 Å².